The Balaban J connectivity index is 4.05. The van der Waals surface area contributed by atoms with Gasteiger partial charge in [0.1, 0.15) is 13.2 Å². The Morgan fingerprint density at radius 1 is 0.648 bits per heavy atom. The van der Waals surface area contributed by atoms with Crippen LogP contribution in [0.3, 0.4) is 0 Å². The molecule has 0 bridgehead atoms. The van der Waals surface area contributed by atoms with Gasteiger partial charge in [-0.3, -0.25) is 9.36 Å². The molecule has 0 saturated carbocycles. The number of nitrogens with one attached hydrogen (secondary N) is 1. The van der Waals surface area contributed by atoms with Crippen molar-refractivity contribution in [2.45, 2.75) is 219 Å². The monoisotopic (exact) mass is 785 g/mol. The minimum Gasteiger partial charge on any atom is -0.756 e. The van der Waals surface area contributed by atoms with Gasteiger partial charge >= 0.3 is 0 Å². The summed E-state index contributed by atoms with van der Waals surface area (Å²) < 4.78 is 23.1. The van der Waals surface area contributed by atoms with Crippen molar-refractivity contribution in [2.24, 2.45) is 0 Å². The molecule has 0 aromatic carbocycles. The smallest absolute Gasteiger partial charge is 0.268 e. The van der Waals surface area contributed by atoms with E-state index in [0.29, 0.717) is 23.9 Å². The summed E-state index contributed by atoms with van der Waals surface area (Å²) in [7, 11) is 1.30. The van der Waals surface area contributed by atoms with Gasteiger partial charge < -0.3 is 28.8 Å². The first-order valence-corrected chi connectivity index (χ1v) is 24.1. The second-order valence-corrected chi connectivity index (χ2v) is 18.2. The summed E-state index contributed by atoms with van der Waals surface area (Å²) in [4.78, 5) is 25.2. The molecule has 0 aliphatic carbocycles. The molecule has 8 nitrogen and oxygen atoms in total. The number of likely N-dealkylation sites (N-methyl/N-ethyl adjacent to an activating group) is 1. The van der Waals surface area contributed by atoms with E-state index in [1.165, 1.54) is 135 Å². The Morgan fingerprint density at radius 3 is 1.54 bits per heavy atom. The molecule has 0 rings (SSSR count). The molecule has 320 valence electrons. The molecule has 0 aromatic heterocycles. The number of allylic oxidation sites excluding steroid dienone is 4. The quantitative estimate of drug-likeness (QED) is 0.0277. The summed E-state index contributed by atoms with van der Waals surface area (Å²) >= 11 is 0. The number of unbranched alkanes of at least 4 members (excludes halogenated alkanes) is 24. The third-order valence-corrected chi connectivity index (χ3v) is 11.2. The topological polar surface area (TPSA) is 108 Å². The number of quaternary nitrogens is 1. The lowest BCUT2D eigenvalue weighted by Gasteiger charge is -2.30. The van der Waals surface area contributed by atoms with Crippen molar-refractivity contribution in [1.82, 2.24) is 5.32 Å². The minimum atomic E-state index is -4.55. The number of phosphoric acid groups is 1. The molecule has 0 radical (unpaired) electrons. The molecule has 0 heterocycles. The van der Waals surface area contributed by atoms with Crippen LogP contribution in [0.5, 0.6) is 0 Å². The maximum Gasteiger partial charge on any atom is 0.268 e. The van der Waals surface area contributed by atoms with Crippen LogP contribution >= 0.6 is 7.82 Å². The lowest BCUT2D eigenvalue weighted by Crippen LogP contribution is -2.46. The van der Waals surface area contributed by atoms with Crippen LogP contribution in [-0.2, 0) is 18.4 Å². The maximum absolute atomic E-state index is 12.8. The number of hydrogen-bond acceptors (Lipinski definition) is 6. The van der Waals surface area contributed by atoms with Crippen molar-refractivity contribution in [2.75, 3.05) is 40.9 Å². The first-order valence-electron chi connectivity index (χ1n) is 22.7. The Labute approximate surface area is 334 Å². The number of carbonyl (C=O) groups is 1. The summed E-state index contributed by atoms with van der Waals surface area (Å²) in [5, 5.41) is 13.8. The SMILES string of the molecule is CCCCCCC/C=C\C/C=C\CCCCCCCCCCCCCCCC(=O)NC(COP(=O)([O-])OCC[N+](C)(C)C)C(O)CCCCCCCCC. The van der Waals surface area contributed by atoms with E-state index in [2.05, 4.69) is 43.5 Å². The number of hydrogen-bond donors (Lipinski definition) is 2. The van der Waals surface area contributed by atoms with E-state index in [1.54, 1.807) is 0 Å². The van der Waals surface area contributed by atoms with Crippen LogP contribution in [0.2, 0.25) is 0 Å². The van der Waals surface area contributed by atoms with Crippen molar-refractivity contribution < 1.29 is 32.9 Å². The van der Waals surface area contributed by atoms with Crippen LogP contribution in [0.25, 0.3) is 0 Å². The van der Waals surface area contributed by atoms with Gasteiger partial charge in [0.2, 0.25) is 5.91 Å². The molecule has 0 aromatic rings. The Hall–Kier alpha value is -1.02. The Morgan fingerprint density at radius 2 is 1.07 bits per heavy atom. The molecule has 3 atom stereocenters. The largest absolute Gasteiger partial charge is 0.756 e. The number of rotatable bonds is 41. The van der Waals surface area contributed by atoms with Crippen LogP contribution in [0, 0.1) is 0 Å². The van der Waals surface area contributed by atoms with E-state index in [0.717, 1.165) is 44.9 Å². The highest BCUT2D eigenvalue weighted by atomic mass is 31.2. The van der Waals surface area contributed by atoms with Gasteiger partial charge in [-0.1, -0.05) is 179 Å². The molecule has 0 aliphatic rings. The van der Waals surface area contributed by atoms with E-state index in [9.17, 15) is 19.4 Å². The molecule has 0 saturated heterocycles. The lowest BCUT2D eigenvalue weighted by molar-refractivity contribution is -0.870. The summed E-state index contributed by atoms with van der Waals surface area (Å²) in [6, 6.07) is -0.795. The van der Waals surface area contributed by atoms with Crippen molar-refractivity contribution in [1.29, 1.82) is 0 Å². The molecule has 0 spiro atoms. The first-order chi connectivity index (χ1) is 26.0. The third kappa shape index (κ3) is 39.2. The predicted molar refractivity (Wildman–Crippen MR) is 228 cm³/mol. The molecule has 0 aliphatic heterocycles. The van der Waals surface area contributed by atoms with Crippen LogP contribution < -0.4 is 10.2 Å². The van der Waals surface area contributed by atoms with Crippen LogP contribution in [0.15, 0.2) is 24.3 Å². The van der Waals surface area contributed by atoms with Gasteiger partial charge in [0, 0.05) is 6.42 Å². The van der Waals surface area contributed by atoms with Gasteiger partial charge in [-0.15, -0.1) is 0 Å². The number of aliphatic hydroxyl groups excluding tert-OH is 1. The van der Waals surface area contributed by atoms with Gasteiger partial charge in [0.25, 0.3) is 7.82 Å². The lowest BCUT2D eigenvalue weighted by atomic mass is 10.0. The number of nitrogens with zero attached hydrogens (tertiary/aromatic N) is 1. The van der Waals surface area contributed by atoms with Gasteiger partial charge in [0.15, 0.2) is 0 Å². The second-order valence-electron chi connectivity index (χ2n) is 16.8. The normalized spacial score (nSPS) is 14.6. The highest BCUT2D eigenvalue weighted by molar-refractivity contribution is 7.45. The summed E-state index contributed by atoms with van der Waals surface area (Å²) in [5.41, 5.74) is 0. The molecular weight excluding hydrogens is 695 g/mol. The van der Waals surface area contributed by atoms with E-state index < -0.39 is 20.0 Å². The van der Waals surface area contributed by atoms with Gasteiger partial charge in [-0.05, 0) is 44.9 Å². The zero-order valence-corrected chi connectivity index (χ0v) is 37.1. The van der Waals surface area contributed by atoms with Crippen LogP contribution in [0.1, 0.15) is 206 Å². The van der Waals surface area contributed by atoms with E-state index in [-0.39, 0.29) is 19.1 Å². The second kappa shape index (κ2) is 37.6. The average molecular weight is 785 g/mol. The number of amides is 1. The van der Waals surface area contributed by atoms with Crippen LogP contribution in [-0.4, -0.2) is 68.5 Å². The number of carbonyl (C=O) groups excluding carboxylic acids is 1. The highest BCUT2D eigenvalue weighted by Gasteiger charge is 2.24. The molecule has 54 heavy (non-hydrogen) atoms. The molecule has 2 N–H and O–H groups in total. The fourth-order valence-corrected chi connectivity index (χ4v) is 7.26. The fraction of sp³-hybridized carbons (Fsp3) is 0.889. The summed E-state index contributed by atoms with van der Waals surface area (Å²) in [5.74, 6) is -0.170. The molecule has 3 unspecified atom stereocenters. The fourth-order valence-electron chi connectivity index (χ4n) is 6.54. The van der Waals surface area contributed by atoms with Gasteiger partial charge in [-0.25, -0.2) is 0 Å². The summed E-state index contributed by atoms with van der Waals surface area (Å²) in [6.07, 6.45) is 43.5. The molecule has 9 heteroatoms. The molecule has 0 fully saturated rings. The van der Waals surface area contributed by atoms with Crippen LogP contribution in [0.4, 0.5) is 0 Å². The zero-order chi connectivity index (χ0) is 40.0. The average Bonchev–Trinajstić information content (AvgIpc) is 3.12. The maximum atomic E-state index is 12.8. The minimum absolute atomic E-state index is 0.0124. The highest BCUT2D eigenvalue weighted by Crippen LogP contribution is 2.38. The van der Waals surface area contributed by atoms with E-state index >= 15 is 0 Å². The molecular formula is C45H89N2O6P. The van der Waals surface area contributed by atoms with Crippen molar-refractivity contribution in [3.8, 4) is 0 Å². The van der Waals surface area contributed by atoms with Crippen molar-refractivity contribution >= 4 is 13.7 Å². The number of phosphoric ester groups is 1. The van der Waals surface area contributed by atoms with Gasteiger partial charge in [0.05, 0.1) is 39.9 Å². The zero-order valence-electron chi connectivity index (χ0n) is 36.2. The standard InChI is InChI=1S/C45H89N2O6P/c1-6-8-10-12-14-15-16-17-18-19-20-21-22-23-24-25-26-27-28-29-30-31-33-35-37-39-45(49)46-43(44(48)38-36-34-32-13-11-9-7-2)42-53-54(50,51)52-41-40-47(3,4)5/h16-17,19-20,43-44,48H,6-15,18,21-42H2,1-5H3,(H-,46,49,50,51)/b17-16-,20-19-. The van der Waals surface area contributed by atoms with Gasteiger partial charge in [-0.2, -0.15) is 0 Å². The van der Waals surface area contributed by atoms with E-state index in [4.69, 9.17) is 9.05 Å². The third-order valence-electron chi connectivity index (χ3n) is 10.2. The van der Waals surface area contributed by atoms with Crippen molar-refractivity contribution in [3.63, 3.8) is 0 Å². The Kier molecular flexibility index (Phi) is 36.8. The van der Waals surface area contributed by atoms with E-state index in [1.807, 2.05) is 21.1 Å². The number of aliphatic hydroxyl groups is 1. The predicted octanol–water partition coefficient (Wildman–Crippen LogP) is 11.9. The summed E-state index contributed by atoms with van der Waals surface area (Å²) in [6.45, 7) is 4.66. The Bertz CT molecular complexity index is 938. The molecule has 1 amide bonds. The van der Waals surface area contributed by atoms with Crippen molar-refractivity contribution in [3.05, 3.63) is 24.3 Å². The first kappa shape index (κ1) is 53.0.